The molecule has 2 aliphatic heterocycles. The number of carbonyl (C=O) groups excluding carboxylic acids is 1. The van der Waals surface area contributed by atoms with Gasteiger partial charge in [0.2, 0.25) is 15.8 Å². The number of amides is 1. The van der Waals surface area contributed by atoms with Crippen molar-refractivity contribution in [3.05, 3.63) is 11.5 Å². The lowest BCUT2D eigenvalue weighted by atomic mass is 10.2. The van der Waals surface area contributed by atoms with E-state index >= 15 is 0 Å². The first-order chi connectivity index (χ1) is 14.8. The molecule has 3 rings (SSSR count). The van der Waals surface area contributed by atoms with Gasteiger partial charge in [-0.15, -0.1) is 0 Å². The molecule has 176 valence electrons. The average Bonchev–Trinajstić information content (AvgIpc) is 3.28. The Morgan fingerprint density at radius 3 is 2.29 bits per heavy atom. The number of piperazine rings is 1. The molecule has 3 aliphatic rings. The summed E-state index contributed by atoms with van der Waals surface area (Å²) in [6.45, 7) is 5.43. The highest BCUT2D eigenvalue weighted by Crippen LogP contribution is 2.26. The lowest BCUT2D eigenvalue weighted by Gasteiger charge is -2.37. The largest absolute Gasteiger partial charge is 0.483 e. The molecule has 0 bridgehead atoms. The summed E-state index contributed by atoms with van der Waals surface area (Å²) in [4.78, 5) is 15.0. The van der Waals surface area contributed by atoms with Crippen molar-refractivity contribution in [1.29, 1.82) is 5.41 Å². The SMILES string of the molecule is CC(C)S(=O)(=O)N1CCN(/C(C=N)=C(\OC2CCCC2)C(=O)NC2CCCCO2)CC1. The molecule has 31 heavy (non-hydrogen) atoms. The molecule has 2 saturated heterocycles. The maximum absolute atomic E-state index is 13.1. The zero-order valence-corrected chi connectivity index (χ0v) is 19.5. The van der Waals surface area contributed by atoms with Gasteiger partial charge in [0, 0.05) is 39.0 Å². The molecule has 1 amide bonds. The van der Waals surface area contributed by atoms with Crippen LogP contribution in [0.2, 0.25) is 0 Å². The van der Waals surface area contributed by atoms with E-state index in [1.54, 1.807) is 13.8 Å². The topological polar surface area (TPSA) is 112 Å². The second-order valence-corrected chi connectivity index (χ2v) is 11.2. The Bertz CT molecular complexity index is 763. The molecular weight excluding hydrogens is 420 g/mol. The van der Waals surface area contributed by atoms with Crippen LogP contribution in [0.25, 0.3) is 0 Å². The molecule has 1 saturated carbocycles. The lowest BCUT2D eigenvalue weighted by Crippen LogP contribution is -2.51. The number of rotatable bonds is 8. The van der Waals surface area contributed by atoms with Crippen molar-refractivity contribution in [3.63, 3.8) is 0 Å². The van der Waals surface area contributed by atoms with Crippen molar-refractivity contribution in [2.75, 3.05) is 32.8 Å². The number of carbonyl (C=O) groups is 1. The number of ether oxygens (including phenoxy) is 2. The molecule has 0 radical (unpaired) electrons. The van der Waals surface area contributed by atoms with Crippen molar-refractivity contribution < 1.29 is 22.7 Å². The smallest absolute Gasteiger partial charge is 0.290 e. The van der Waals surface area contributed by atoms with E-state index in [0.29, 0.717) is 38.5 Å². The van der Waals surface area contributed by atoms with Gasteiger partial charge in [-0.25, -0.2) is 8.42 Å². The van der Waals surface area contributed by atoms with Crippen LogP contribution in [-0.4, -0.2) is 80.1 Å². The summed E-state index contributed by atoms with van der Waals surface area (Å²) in [5.74, 6) is -0.217. The molecule has 1 unspecified atom stereocenters. The minimum absolute atomic E-state index is 0.0365. The van der Waals surface area contributed by atoms with Gasteiger partial charge in [-0.2, -0.15) is 4.31 Å². The van der Waals surface area contributed by atoms with Gasteiger partial charge in [-0.1, -0.05) is 0 Å². The predicted octanol–water partition coefficient (Wildman–Crippen LogP) is 1.81. The summed E-state index contributed by atoms with van der Waals surface area (Å²) in [5, 5.41) is 10.4. The summed E-state index contributed by atoms with van der Waals surface area (Å²) in [5.41, 5.74) is 0.404. The van der Waals surface area contributed by atoms with Crippen molar-refractivity contribution in [2.24, 2.45) is 0 Å². The van der Waals surface area contributed by atoms with Gasteiger partial charge in [0.15, 0.2) is 0 Å². The maximum Gasteiger partial charge on any atom is 0.290 e. The third kappa shape index (κ3) is 5.98. The Morgan fingerprint density at radius 2 is 1.74 bits per heavy atom. The average molecular weight is 457 g/mol. The van der Waals surface area contributed by atoms with Crippen molar-refractivity contribution in [1.82, 2.24) is 14.5 Å². The Hall–Kier alpha value is -1.65. The van der Waals surface area contributed by atoms with Crippen molar-refractivity contribution >= 4 is 22.1 Å². The first kappa shape index (κ1) is 24.0. The second-order valence-electron chi connectivity index (χ2n) is 8.69. The number of nitrogens with one attached hydrogen (secondary N) is 2. The highest BCUT2D eigenvalue weighted by molar-refractivity contribution is 7.89. The monoisotopic (exact) mass is 456 g/mol. The fraction of sp³-hybridized carbons (Fsp3) is 0.810. The predicted molar refractivity (Wildman–Crippen MR) is 118 cm³/mol. The van der Waals surface area contributed by atoms with E-state index < -0.39 is 15.3 Å². The minimum Gasteiger partial charge on any atom is -0.483 e. The van der Waals surface area contributed by atoms with Crippen LogP contribution in [0.3, 0.4) is 0 Å². The number of allylic oxidation sites excluding steroid dienone is 1. The van der Waals surface area contributed by atoms with E-state index in [1.165, 1.54) is 4.31 Å². The standard InChI is InChI=1S/C21H36N4O5S/c1-16(2)31(27,28)25-12-10-24(11-13-25)18(15-22)20(30-17-7-3-4-8-17)21(26)23-19-9-5-6-14-29-19/h15-17,19,22H,3-14H2,1-2H3,(H,23,26)/b20-18-,22-15?. The van der Waals surface area contributed by atoms with Gasteiger partial charge in [0.25, 0.3) is 5.91 Å². The van der Waals surface area contributed by atoms with Crippen LogP contribution in [0.1, 0.15) is 58.8 Å². The van der Waals surface area contributed by atoms with Gasteiger partial charge in [-0.05, 0) is 58.8 Å². The summed E-state index contributed by atoms with van der Waals surface area (Å²) in [7, 11) is -3.32. The first-order valence-electron chi connectivity index (χ1n) is 11.4. The van der Waals surface area contributed by atoms with Crippen LogP contribution in [0.5, 0.6) is 0 Å². The Morgan fingerprint density at radius 1 is 1.10 bits per heavy atom. The summed E-state index contributed by atoms with van der Waals surface area (Å²) in [6.07, 6.45) is 7.43. The molecule has 10 heteroatoms. The molecular formula is C21H36N4O5S. The molecule has 9 nitrogen and oxygen atoms in total. The Balaban J connectivity index is 1.77. The second kappa shape index (κ2) is 10.8. The van der Waals surface area contributed by atoms with Gasteiger partial charge < -0.3 is 25.1 Å². The highest BCUT2D eigenvalue weighted by Gasteiger charge is 2.33. The first-order valence-corrected chi connectivity index (χ1v) is 12.9. The third-order valence-corrected chi connectivity index (χ3v) is 8.45. The van der Waals surface area contributed by atoms with Crippen LogP contribution >= 0.6 is 0 Å². The zero-order chi connectivity index (χ0) is 22.4. The molecule has 3 fully saturated rings. The van der Waals surface area contributed by atoms with E-state index in [1.807, 2.05) is 4.90 Å². The van der Waals surface area contributed by atoms with E-state index in [-0.39, 0.29) is 24.0 Å². The number of hydrogen-bond donors (Lipinski definition) is 2. The van der Waals surface area contributed by atoms with Crippen LogP contribution in [-0.2, 0) is 24.3 Å². The van der Waals surface area contributed by atoms with E-state index in [9.17, 15) is 13.2 Å². The van der Waals surface area contributed by atoms with Gasteiger partial charge >= 0.3 is 0 Å². The van der Waals surface area contributed by atoms with Crippen LogP contribution in [0, 0.1) is 5.41 Å². The van der Waals surface area contributed by atoms with Crippen molar-refractivity contribution in [2.45, 2.75) is 76.4 Å². The lowest BCUT2D eigenvalue weighted by molar-refractivity contribution is -0.127. The van der Waals surface area contributed by atoms with Crippen LogP contribution < -0.4 is 5.32 Å². The molecule has 2 N–H and O–H groups in total. The summed E-state index contributed by atoms with van der Waals surface area (Å²) in [6, 6.07) is 0. The van der Waals surface area contributed by atoms with Crippen molar-refractivity contribution in [3.8, 4) is 0 Å². The Kier molecular flexibility index (Phi) is 8.35. The van der Waals surface area contributed by atoms with Gasteiger partial charge in [-0.3, -0.25) is 4.79 Å². The van der Waals surface area contributed by atoms with Gasteiger partial charge in [0.1, 0.15) is 11.9 Å². The summed E-state index contributed by atoms with van der Waals surface area (Å²) >= 11 is 0. The molecule has 0 aromatic rings. The fourth-order valence-electron chi connectivity index (χ4n) is 4.25. The minimum atomic E-state index is -3.32. The molecule has 1 atom stereocenters. The number of sulfonamides is 1. The number of hydrogen-bond acceptors (Lipinski definition) is 7. The molecule has 2 heterocycles. The molecule has 1 aliphatic carbocycles. The van der Waals surface area contributed by atoms with E-state index in [4.69, 9.17) is 14.9 Å². The Labute approximate surface area is 185 Å². The van der Waals surface area contributed by atoms with E-state index in [0.717, 1.165) is 51.2 Å². The third-order valence-electron chi connectivity index (χ3n) is 6.17. The molecule has 0 spiro atoms. The normalized spacial score (nSPS) is 24.7. The quantitative estimate of drug-likeness (QED) is 0.327. The molecule has 0 aromatic heterocycles. The van der Waals surface area contributed by atoms with Crippen LogP contribution in [0.15, 0.2) is 11.5 Å². The van der Waals surface area contributed by atoms with E-state index in [2.05, 4.69) is 5.32 Å². The number of nitrogens with zero attached hydrogens (tertiary/aromatic N) is 2. The zero-order valence-electron chi connectivity index (χ0n) is 18.6. The fourth-order valence-corrected chi connectivity index (χ4v) is 5.52. The maximum atomic E-state index is 13.1. The van der Waals surface area contributed by atoms with Gasteiger partial charge in [0.05, 0.1) is 11.4 Å². The molecule has 0 aromatic carbocycles. The van der Waals surface area contributed by atoms with Crippen LogP contribution in [0.4, 0.5) is 0 Å². The highest BCUT2D eigenvalue weighted by atomic mass is 32.2. The summed E-state index contributed by atoms with van der Waals surface area (Å²) < 4.78 is 38.2.